The first-order valence-corrected chi connectivity index (χ1v) is 10.8. The highest BCUT2D eigenvalue weighted by Crippen LogP contribution is 2.29. The zero-order valence-corrected chi connectivity index (χ0v) is 17.2. The Morgan fingerprint density at radius 3 is 2.33 bits per heavy atom. The molecule has 3 nitrogen and oxygen atoms in total. The van der Waals surface area contributed by atoms with E-state index in [1.807, 2.05) is 53.2 Å². The third kappa shape index (κ3) is 4.77. The van der Waals surface area contributed by atoms with Gasteiger partial charge in [0.05, 0.1) is 28.9 Å². The van der Waals surface area contributed by atoms with Crippen LogP contribution in [0.2, 0.25) is 0 Å². The lowest BCUT2D eigenvalue weighted by atomic mass is 10.1. The molecule has 2 heterocycles. The molecule has 0 atom stereocenters. The van der Waals surface area contributed by atoms with Crippen LogP contribution in [0, 0.1) is 0 Å². The second-order valence-corrected chi connectivity index (χ2v) is 8.14. The zero-order chi connectivity index (χ0) is 21.0. The second-order valence-electron chi connectivity index (χ2n) is 6.36. The van der Waals surface area contributed by atoms with Crippen LogP contribution in [-0.2, 0) is 12.7 Å². The average molecular weight is 444 g/mol. The van der Waals surface area contributed by atoms with E-state index in [4.69, 9.17) is 0 Å². The Hall–Kier alpha value is -2.97. The molecule has 0 unspecified atom stereocenters. The lowest BCUT2D eigenvalue weighted by molar-refractivity contribution is -0.137. The fourth-order valence-corrected chi connectivity index (χ4v) is 4.37. The molecule has 0 aliphatic rings. The molecule has 0 saturated heterocycles. The van der Waals surface area contributed by atoms with Gasteiger partial charge in [-0.25, -0.2) is 4.68 Å². The van der Waals surface area contributed by atoms with Crippen LogP contribution in [0.1, 0.15) is 16.7 Å². The van der Waals surface area contributed by atoms with Crippen molar-refractivity contribution >= 4 is 28.9 Å². The van der Waals surface area contributed by atoms with Gasteiger partial charge in [0.1, 0.15) is 0 Å². The monoisotopic (exact) mass is 443 g/mol. The number of alkyl halides is 3. The number of hydrogen-bond donors (Lipinski definition) is 0. The van der Waals surface area contributed by atoms with Gasteiger partial charge in [0, 0.05) is 5.38 Å². The highest BCUT2D eigenvalue weighted by atomic mass is 32.1. The molecular weight excluding hydrogens is 427 g/mol. The zero-order valence-electron chi connectivity index (χ0n) is 15.6. The van der Waals surface area contributed by atoms with Gasteiger partial charge in [-0.05, 0) is 34.7 Å². The molecule has 0 aliphatic carbocycles. The van der Waals surface area contributed by atoms with Crippen LogP contribution in [0.3, 0.4) is 0 Å². The van der Waals surface area contributed by atoms with Crippen LogP contribution >= 0.6 is 22.7 Å². The molecule has 4 aromatic rings. The van der Waals surface area contributed by atoms with Crippen LogP contribution in [0.15, 0.2) is 87.6 Å². The maximum Gasteiger partial charge on any atom is 0.416 e. The smallest absolute Gasteiger partial charge is 0.253 e. The van der Waals surface area contributed by atoms with E-state index in [1.54, 1.807) is 22.2 Å². The van der Waals surface area contributed by atoms with E-state index in [2.05, 4.69) is 10.1 Å². The molecular formula is C22H16F3N3S2. The largest absolute Gasteiger partial charge is 0.416 e. The Kier molecular flexibility index (Phi) is 5.96. The van der Waals surface area contributed by atoms with Gasteiger partial charge in [-0.2, -0.15) is 18.3 Å². The number of benzene rings is 2. The quantitative estimate of drug-likeness (QED) is 0.325. The number of rotatable bonds is 5. The minimum atomic E-state index is -4.35. The summed E-state index contributed by atoms with van der Waals surface area (Å²) in [7, 11) is 0. The SMILES string of the molecule is FC(F)(F)c1ccc(/C=N/n2c(-c3cccs3)csc2=NCc2ccccc2)cc1. The number of aromatic nitrogens is 1. The van der Waals surface area contributed by atoms with Crippen LogP contribution in [0.25, 0.3) is 10.6 Å². The van der Waals surface area contributed by atoms with Crippen molar-refractivity contribution in [3.8, 4) is 10.6 Å². The van der Waals surface area contributed by atoms with Crippen LogP contribution < -0.4 is 4.80 Å². The minimum absolute atomic E-state index is 0.515. The standard InChI is InChI=1S/C22H16F3N3S2/c23-22(24,25)18-10-8-17(9-11-18)14-27-28-19(20-7-4-12-29-20)15-30-21(28)26-13-16-5-2-1-3-6-16/h1-12,14-15H,13H2/b26-21?,27-14+. The summed E-state index contributed by atoms with van der Waals surface area (Å²) in [6, 6.07) is 18.8. The fraction of sp³-hybridized carbons (Fsp3) is 0.0909. The third-order valence-corrected chi connectivity index (χ3v) is 6.01. The molecule has 0 bridgehead atoms. The van der Waals surface area contributed by atoms with Gasteiger partial charge in [-0.1, -0.05) is 48.5 Å². The molecule has 0 fully saturated rings. The van der Waals surface area contributed by atoms with E-state index in [9.17, 15) is 13.2 Å². The normalized spacial score (nSPS) is 12.7. The van der Waals surface area contributed by atoms with Crippen molar-refractivity contribution in [2.24, 2.45) is 10.1 Å². The first-order chi connectivity index (χ1) is 14.5. The number of thiazole rings is 1. The molecule has 8 heteroatoms. The van der Waals surface area contributed by atoms with Gasteiger partial charge in [0.2, 0.25) is 4.80 Å². The summed E-state index contributed by atoms with van der Waals surface area (Å²) >= 11 is 3.06. The van der Waals surface area contributed by atoms with Gasteiger partial charge in [0.25, 0.3) is 0 Å². The lowest BCUT2D eigenvalue weighted by Gasteiger charge is -2.06. The van der Waals surface area contributed by atoms with Crippen molar-refractivity contribution < 1.29 is 13.2 Å². The Labute approximate surface area is 179 Å². The Morgan fingerprint density at radius 2 is 1.67 bits per heavy atom. The molecule has 4 rings (SSSR count). The lowest BCUT2D eigenvalue weighted by Crippen LogP contribution is -2.12. The molecule has 0 N–H and O–H groups in total. The van der Waals surface area contributed by atoms with Gasteiger partial charge in [-0.15, -0.1) is 22.7 Å². The Morgan fingerprint density at radius 1 is 0.900 bits per heavy atom. The van der Waals surface area contributed by atoms with Gasteiger partial charge in [0.15, 0.2) is 0 Å². The number of nitrogens with zero attached hydrogens (tertiary/aromatic N) is 3. The molecule has 30 heavy (non-hydrogen) atoms. The highest BCUT2D eigenvalue weighted by Gasteiger charge is 2.29. The molecule has 0 spiro atoms. The van der Waals surface area contributed by atoms with Crippen molar-refractivity contribution in [3.63, 3.8) is 0 Å². The number of thiophene rings is 1. The maximum atomic E-state index is 12.8. The summed E-state index contributed by atoms with van der Waals surface area (Å²) in [5, 5.41) is 8.50. The molecule has 0 amide bonds. The van der Waals surface area contributed by atoms with E-state index in [-0.39, 0.29) is 0 Å². The number of halogens is 3. The maximum absolute atomic E-state index is 12.8. The van der Waals surface area contributed by atoms with Crippen molar-refractivity contribution in [1.29, 1.82) is 0 Å². The first-order valence-electron chi connectivity index (χ1n) is 9.01. The summed E-state index contributed by atoms with van der Waals surface area (Å²) in [5.74, 6) is 0. The Balaban J connectivity index is 1.68. The number of hydrogen-bond acceptors (Lipinski definition) is 4. The van der Waals surface area contributed by atoms with Gasteiger partial charge >= 0.3 is 6.18 Å². The summed E-state index contributed by atoms with van der Waals surface area (Å²) in [6.07, 6.45) is -2.81. The summed E-state index contributed by atoms with van der Waals surface area (Å²) < 4.78 is 40.0. The minimum Gasteiger partial charge on any atom is -0.253 e. The predicted molar refractivity (Wildman–Crippen MR) is 116 cm³/mol. The van der Waals surface area contributed by atoms with E-state index in [0.29, 0.717) is 16.9 Å². The summed E-state index contributed by atoms with van der Waals surface area (Å²) in [4.78, 5) is 6.44. The molecule has 0 aliphatic heterocycles. The van der Waals surface area contributed by atoms with Crippen molar-refractivity contribution in [1.82, 2.24) is 4.68 Å². The van der Waals surface area contributed by atoms with E-state index in [0.717, 1.165) is 28.3 Å². The van der Waals surface area contributed by atoms with Gasteiger partial charge in [-0.3, -0.25) is 4.99 Å². The van der Waals surface area contributed by atoms with Gasteiger partial charge < -0.3 is 0 Å². The average Bonchev–Trinajstić information content (AvgIpc) is 3.41. The topological polar surface area (TPSA) is 29.6 Å². The third-order valence-electron chi connectivity index (χ3n) is 4.26. The van der Waals surface area contributed by atoms with Crippen molar-refractivity contribution in [2.45, 2.75) is 12.7 Å². The van der Waals surface area contributed by atoms with Crippen LogP contribution in [0.4, 0.5) is 13.2 Å². The molecule has 2 aromatic heterocycles. The van der Waals surface area contributed by atoms with E-state index < -0.39 is 11.7 Å². The molecule has 0 radical (unpaired) electrons. The van der Waals surface area contributed by atoms with E-state index in [1.165, 1.54) is 23.5 Å². The molecule has 0 saturated carbocycles. The van der Waals surface area contributed by atoms with Crippen molar-refractivity contribution in [3.05, 3.63) is 99.0 Å². The second kappa shape index (κ2) is 8.81. The van der Waals surface area contributed by atoms with Crippen molar-refractivity contribution in [2.75, 3.05) is 0 Å². The predicted octanol–water partition coefficient (Wildman–Crippen LogP) is 6.28. The Bertz CT molecular complexity index is 1190. The molecule has 152 valence electrons. The fourth-order valence-electron chi connectivity index (χ4n) is 2.74. The molecule has 2 aromatic carbocycles. The van der Waals surface area contributed by atoms with E-state index >= 15 is 0 Å². The highest BCUT2D eigenvalue weighted by molar-refractivity contribution is 7.14. The first kappa shape index (κ1) is 20.3. The van der Waals surface area contributed by atoms with Crippen LogP contribution in [0.5, 0.6) is 0 Å². The summed E-state index contributed by atoms with van der Waals surface area (Å²) in [6.45, 7) is 0.515. The van der Waals surface area contributed by atoms with Crippen LogP contribution in [-0.4, -0.2) is 10.9 Å². The summed E-state index contributed by atoms with van der Waals surface area (Å²) in [5.41, 5.74) is 1.88.